The number of nitrogens with zero attached hydrogens (tertiary/aromatic N) is 2. The van der Waals surface area contributed by atoms with E-state index in [4.69, 9.17) is 4.74 Å². The van der Waals surface area contributed by atoms with E-state index in [1.807, 2.05) is 4.90 Å². The highest BCUT2D eigenvalue weighted by molar-refractivity contribution is 5.77. The molecule has 0 unspecified atom stereocenters. The first-order valence-corrected chi connectivity index (χ1v) is 9.98. The first-order valence-electron chi connectivity index (χ1n) is 9.98. The standard InChI is InChI=1S/C22H37N3O2/c1-21(2,3)17-27-16-20(26)25-13-11-24(12-14-25)19-9-7-18(8-10-19)15-23-22(4,5)6/h7-10,23H,11-17H2,1-6H3. The first kappa shape index (κ1) is 21.7. The lowest BCUT2D eigenvalue weighted by Crippen LogP contribution is -2.49. The molecule has 0 radical (unpaired) electrons. The van der Waals surface area contributed by atoms with E-state index >= 15 is 0 Å². The summed E-state index contributed by atoms with van der Waals surface area (Å²) < 4.78 is 5.57. The molecule has 0 atom stereocenters. The van der Waals surface area contributed by atoms with Crippen LogP contribution in [0.5, 0.6) is 0 Å². The summed E-state index contributed by atoms with van der Waals surface area (Å²) in [4.78, 5) is 16.6. The quantitative estimate of drug-likeness (QED) is 0.829. The van der Waals surface area contributed by atoms with Gasteiger partial charge in [-0.15, -0.1) is 0 Å². The number of carbonyl (C=O) groups excluding carboxylic acids is 1. The normalized spacial score (nSPS) is 15.9. The smallest absolute Gasteiger partial charge is 0.248 e. The zero-order valence-corrected chi connectivity index (χ0v) is 18.0. The molecule has 0 bridgehead atoms. The Morgan fingerprint density at radius 2 is 1.59 bits per heavy atom. The van der Waals surface area contributed by atoms with Crippen LogP contribution in [0.2, 0.25) is 0 Å². The fourth-order valence-electron chi connectivity index (χ4n) is 2.94. The van der Waals surface area contributed by atoms with Crippen LogP contribution >= 0.6 is 0 Å². The molecule has 0 spiro atoms. The Balaban J connectivity index is 1.77. The van der Waals surface area contributed by atoms with Gasteiger partial charge in [0.05, 0.1) is 6.61 Å². The van der Waals surface area contributed by atoms with E-state index in [9.17, 15) is 4.79 Å². The Kier molecular flexibility index (Phi) is 7.29. The lowest BCUT2D eigenvalue weighted by molar-refractivity contribution is -0.137. The van der Waals surface area contributed by atoms with Gasteiger partial charge in [-0.25, -0.2) is 0 Å². The monoisotopic (exact) mass is 375 g/mol. The largest absolute Gasteiger partial charge is 0.371 e. The van der Waals surface area contributed by atoms with Gasteiger partial charge in [0.15, 0.2) is 0 Å². The molecule has 1 aliphatic rings. The molecule has 2 rings (SSSR count). The average Bonchev–Trinajstić information content (AvgIpc) is 2.59. The zero-order chi connectivity index (χ0) is 20.1. The number of rotatable bonds is 6. The van der Waals surface area contributed by atoms with E-state index < -0.39 is 0 Å². The van der Waals surface area contributed by atoms with Gasteiger partial charge in [-0.2, -0.15) is 0 Å². The molecule has 0 saturated carbocycles. The molecule has 152 valence electrons. The predicted molar refractivity (Wildman–Crippen MR) is 112 cm³/mol. The van der Waals surface area contributed by atoms with Crippen LogP contribution in [0.25, 0.3) is 0 Å². The van der Waals surface area contributed by atoms with Crippen LogP contribution < -0.4 is 10.2 Å². The number of piperazine rings is 1. The van der Waals surface area contributed by atoms with Gasteiger partial charge in [0.25, 0.3) is 0 Å². The highest BCUT2D eigenvalue weighted by Crippen LogP contribution is 2.18. The summed E-state index contributed by atoms with van der Waals surface area (Å²) in [5.74, 6) is 0.0995. The van der Waals surface area contributed by atoms with E-state index in [0.717, 1.165) is 32.7 Å². The molecule has 5 nitrogen and oxygen atoms in total. The molecule has 1 amide bonds. The van der Waals surface area contributed by atoms with Crippen LogP contribution in [0.3, 0.4) is 0 Å². The minimum Gasteiger partial charge on any atom is -0.371 e. The summed E-state index contributed by atoms with van der Waals surface area (Å²) in [6.07, 6.45) is 0. The molecular formula is C22H37N3O2. The molecule has 1 aromatic carbocycles. The maximum Gasteiger partial charge on any atom is 0.248 e. The van der Waals surface area contributed by atoms with Crippen molar-refractivity contribution >= 4 is 11.6 Å². The number of benzene rings is 1. The lowest BCUT2D eigenvalue weighted by Gasteiger charge is -2.36. The molecule has 1 N–H and O–H groups in total. The van der Waals surface area contributed by atoms with Crippen molar-refractivity contribution in [2.45, 2.75) is 53.6 Å². The third-order valence-corrected chi connectivity index (χ3v) is 4.52. The maximum atomic E-state index is 12.3. The molecule has 27 heavy (non-hydrogen) atoms. The van der Waals surface area contributed by atoms with Gasteiger partial charge in [-0.1, -0.05) is 32.9 Å². The molecule has 5 heteroatoms. The van der Waals surface area contributed by atoms with Crippen LogP contribution in [0.1, 0.15) is 47.1 Å². The third kappa shape index (κ3) is 7.89. The molecule has 0 aliphatic carbocycles. The summed E-state index contributed by atoms with van der Waals surface area (Å²) in [6.45, 7) is 17.8. The van der Waals surface area contributed by atoms with E-state index in [-0.39, 0.29) is 23.5 Å². The van der Waals surface area contributed by atoms with Gasteiger partial charge in [0, 0.05) is 44.0 Å². The number of amides is 1. The number of carbonyl (C=O) groups is 1. The number of ether oxygens (including phenoxy) is 1. The summed E-state index contributed by atoms with van der Waals surface area (Å²) in [6, 6.07) is 8.74. The summed E-state index contributed by atoms with van der Waals surface area (Å²) in [7, 11) is 0. The van der Waals surface area contributed by atoms with Gasteiger partial charge >= 0.3 is 0 Å². The minimum atomic E-state index is 0.0908. The maximum absolute atomic E-state index is 12.3. The van der Waals surface area contributed by atoms with Crippen LogP contribution in [0, 0.1) is 5.41 Å². The highest BCUT2D eigenvalue weighted by atomic mass is 16.5. The Bertz CT molecular complexity index is 591. The average molecular weight is 376 g/mol. The van der Waals surface area contributed by atoms with Crippen molar-refractivity contribution < 1.29 is 9.53 Å². The second kappa shape index (κ2) is 9.07. The number of hydrogen-bond donors (Lipinski definition) is 1. The van der Waals surface area contributed by atoms with E-state index in [0.29, 0.717) is 6.61 Å². The van der Waals surface area contributed by atoms with Crippen LogP contribution in [0.4, 0.5) is 5.69 Å². The molecule has 1 fully saturated rings. The van der Waals surface area contributed by atoms with Gasteiger partial charge in [0.2, 0.25) is 5.91 Å². The summed E-state index contributed by atoms with van der Waals surface area (Å²) >= 11 is 0. The van der Waals surface area contributed by atoms with Gasteiger partial charge < -0.3 is 19.9 Å². The predicted octanol–water partition coefficient (Wildman–Crippen LogP) is 3.29. The molecular weight excluding hydrogens is 338 g/mol. The molecule has 1 saturated heterocycles. The van der Waals surface area contributed by atoms with Crippen LogP contribution in [0.15, 0.2) is 24.3 Å². The fraction of sp³-hybridized carbons (Fsp3) is 0.682. The fourth-order valence-corrected chi connectivity index (χ4v) is 2.94. The van der Waals surface area contributed by atoms with Crippen molar-refractivity contribution in [3.8, 4) is 0 Å². The Labute approximate surface area is 165 Å². The van der Waals surface area contributed by atoms with Gasteiger partial charge in [-0.3, -0.25) is 4.79 Å². The van der Waals surface area contributed by atoms with Crippen molar-refractivity contribution in [2.75, 3.05) is 44.3 Å². The number of hydrogen-bond acceptors (Lipinski definition) is 4. The molecule has 1 aliphatic heterocycles. The Morgan fingerprint density at radius 1 is 1.00 bits per heavy atom. The Morgan fingerprint density at radius 3 is 2.11 bits per heavy atom. The second-order valence-electron chi connectivity index (χ2n) is 9.69. The molecule has 0 aromatic heterocycles. The summed E-state index contributed by atoms with van der Waals surface area (Å²) in [5.41, 5.74) is 2.73. The van der Waals surface area contributed by atoms with Crippen LogP contribution in [-0.4, -0.2) is 55.7 Å². The van der Waals surface area contributed by atoms with Crippen molar-refractivity contribution in [3.05, 3.63) is 29.8 Å². The van der Waals surface area contributed by atoms with E-state index in [1.54, 1.807) is 0 Å². The molecule has 1 aromatic rings. The highest BCUT2D eigenvalue weighted by Gasteiger charge is 2.22. The van der Waals surface area contributed by atoms with Crippen LogP contribution in [-0.2, 0) is 16.1 Å². The third-order valence-electron chi connectivity index (χ3n) is 4.52. The van der Waals surface area contributed by atoms with Crippen molar-refractivity contribution in [2.24, 2.45) is 5.41 Å². The topological polar surface area (TPSA) is 44.8 Å². The lowest BCUT2D eigenvalue weighted by atomic mass is 9.99. The Hall–Kier alpha value is -1.59. The van der Waals surface area contributed by atoms with Crippen molar-refractivity contribution in [1.82, 2.24) is 10.2 Å². The van der Waals surface area contributed by atoms with Gasteiger partial charge in [-0.05, 0) is 43.9 Å². The van der Waals surface area contributed by atoms with Gasteiger partial charge in [0.1, 0.15) is 6.61 Å². The number of nitrogens with one attached hydrogen (secondary N) is 1. The first-order chi connectivity index (χ1) is 12.5. The van der Waals surface area contributed by atoms with Crippen molar-refractivity contribution in [1.29, 1.82) is 0 Å². The second-order valence-corrected chi connectivity index (χ2v) is 9.69. The summed E-state index contributed by atoms with van der Waals surface area (Å²) in [5, 5.41) is 3.51. The minimum absolute atomic E-state index is 0.0908. The molecule has 1 heterocycles. The van der Waals surface area contributed by atoms with E-state index in [2.05, 4.69) is 76.0 Å². The number of anilines is 1. The van der Waals surface area contributed by atoms with E-state index in [1.165, 1.54) is 11.3 Å². The SMILES string of the molecule is CC(C)(C)COCC(=O)N1CCN(c2ccc(CNC(C)(C)C)cc2)CC1. The zero-order valence-electron chi connectivity index (χ0n) is 18.0. The van der Waals surface area contributed by atoms with Crippen molar-refractivity contribution in [3.63, 3.8) is 0 Å².